The van der Waals surface area contributed by atoms with Crippen LogP contribution in [0.2, 0.25) is 0 Å². The van der Waals surface area contributed by atoms with Crippen molar-refractivity contribution in [3.05, 3.63) is 29.8 Å². The van der Waals surface area contributed by atoms with E-state index in [0.29, 0.717) is 0 Å². The molecule has 0 aliphatic carbocycles. The van der Waals surface area contributed by atoms with Gasteiger partial charge >= 0.3 is 0 Å². The summed E-state index contributed by atoms with van der Waals surface area (Å²) in [6.07, 6.45) is 5.27. The highest BCUT2D eigenvalue weighted by Gasteiger charge is 1.96. The number of hydrogen-bond acceptors (Lipinski definition) is 1. The molecule has 0 saturated carbocycles. The van der Waals surface area contributed by atoms with Crippen LogP contribution < -0.4 is 0 Å². The summed E-state index contributed by atoms with van der Waals surface area (Å²) in [6.45, 7) is 4.45. The molecule has 68 valence electrons. The maximum absolute atomic E-state index is 5.27. The van der Waals surface area contributed by atoms with Gasteiger partial charge in [0.2, 0.25) is 0 Å². The first kappa shape index (κ1) is 10.2. The Morgan fingerprint density at radius 3 is 2.38 bits per heavy atom. The monoisotopic (exact) mass is 190 g/mol. The zero-order chi connectivity index (χ0) is 9.68. The number of hydrogen-bond donors (Lipinski definition) is 0. The molecule has 0 bridgehead atoms. The van der Waals surface area contributed by atoms with Gasteiger partial charge < -0.3 is 0 Å². The van der Waals surface area contributed by atoms with Crippen molar-refractivity contribution in [2.24, 2.45) is 5.92 Å². The molecule has 0 saturated heterocycles. The molecule has 1 aromatic rings. The summed E-state index contributed by atoms with van der Waals surface area (Å²) < 4.78 is 0. The number of rotatable bonds is 3. The van der Waals surface area contributed by atoms with Crippen LogP contribution in [-0.2, 0) is 0 Å². The van der Waals surface area contributed by atoms with E-state index in [1.807, 2.05) is 23.9 Å². The van der Waals surface area contributed by atoms with E-state index in [2.05, 4.69) is 31.9 Å². The van der Waals surface area contributed by atoms with E-state index in [1.165, 1.54) is 4.90 Å². The molecule has 0 heterocycles. The SMILES string of the molecule is C#Cc1ccc(SCC(C)C)cc1. The van der Waals surface area contributed by atoms with Crippen molar-refractivity contribution in [2.75, 3.05) is 5.75 Å². The third-order valence-corrected chi connectivity index (χ3v) is 3.04. The van der Waals surface area contributed by atoms with Crippen LogP contribution >= 0.6 is 11.8 Å². The van der Waals surface area contributed by atoms with Crippen LogP contribution in [0.25, 0.3) is 0 Å². The van der Waals surface area contributed by atoms with Crippen molar-refractivity contribution in [1.29, 1.82) is 0 Å². The summed E-state index contributed by atoms with van der Waals surface area (Å²) in [5.74, 6) is 4.51. The molecule has 0 aromatic heterocycles. The number of benzene rings is 1. The summed E-state index contributed by atoms with van der Waals surface area (Å²) in [4.78, 5) is 1.30. The molecule has 0 unspecified atom stereocenters. The highest BCUT2D eigenvalue weighted by Crippen LogP contribution is 2.20. The van der Waals surface area contributed by atoms with Crippen LogP contribution in [0.1, 0.15) is 19.4 Å². The van der Waals surface area contributed by atoms with E-state index in [-0.39, 0.29) is 0 Å². The average Bonchev–Trinajstić information content (AvgIpc) is 2.15. The van der Waals surface area contributed by atoms with Crippen molar-refractivity contribution in [1.82, 2.24) is 0 Å². The van der Waals surface area contributed by atoms with Crippen LogP contribution in [0.4, 0.5) is 0 Å². The molecule has 13 heavy (non-hydrogen) atoms. The minimum atomic E-state index is 0.734. The summed E-state index contributed by atoms with van der Waals surface area (Å²) in [5, 5.41) is 0. The molecule has 1 aromatic carbocycles. The smallest absolute Gasteiger partial charge is 0.0243 e. The fourth-order valence-corrected chi connectivity index (χ4v) is 1.76. The second-order valence-corrected chi connectivity index (χ2v) is 4.47. The Morgan fingerprint density at radius 1 is 1.31 bits per heavy atom. The minimum absolute atomic E-state index is 0.734. The van der Waals surface area contributed by atoms with E-state index in [1.54, 1.807) is 0 Å². The topological polar surface area (TPSA) is 0 Å². The minimum Gasteiger partial charge on any atom is -0.126 e. The largest absolute Gasteiger partial charge is 0.126 e. The van der Waals surface area contributed by atoms with Crippen molar-refractivity contribution in [3.63, 3.8) is 0 Å². The quantitative estimate of drug-likeness (QED) is 0.520. The maximum atomic E-state index is 5.27. The summed E-state index contributed by atoms with van der Waals surface area (Å²) in [7, 11) is 0. The fraction of sp³-hybridized carbons (Fsp3) is 0.333. The number of terminal acetylenes is 1. The second kappa shape index (κ2) is 4.99. The highest BCUT2D eigenvalue weighted by atomic mass is 32.2. The molecule has 1 rings (SSSR count). The first-order valence-electron chi connectivity index (χ1n) is 4.42. The van der Waals surface area contributed by atoms with Gasteiger partial charge in [0.05, 0.1) is 0 Å². The van der Waals surface area contributed by atoms with Gasteiger partial charge in [0, 0.05) is 16.2 Å². The van der Waals surface area contributed by atoms with Gasteiger partial charge in [0.25, 0.3) is 0 Å². The van der Waals surface area contributed by atoms with Crippen molar-refractivity contribution in [2.45, 2.75) is 18.7 Å². The van der Waals surface area contributed by atoms with E-state index < -0.39 is 0 Å². The Kier molecular flexibility index (Phi) is 3.92. The lowest BCUT2D eigenvalue weighted by molar-refractivity contribution is 0.750. The Balaban J connectivity index is 2.55. The third kappa shape index (κ3) is 3.57. The van der Waals surface area contributed by atoms with Crippen LogP contribution in [0, 0.1) is 18.3 Å². The molecule has 0 radical (unpaired) electrons. The van der Waals surface area contributed by atoms with Crippen LogP contribution in [0.5, 0.6) is 0 Å². The first-order valence-corrected chi connectivity index (χ1v) is 5.40. The molecule has 0 aliphatic rings. The van der Waals surface area contributed by atoms with Gasteiger partial charge in [0.1, 0.15) is 0 Å². The van der Waals surface area contributed by atoms with Gasteiger partial charge in [-0.1, -0.05) is 19.8 Å². The highest BCUT2D eigenvalue weighted by molar-refractivity contribution is 7.99. The second-order valence-electron chi connectivity index (χ2n) is 3.37. The van der Waals surface area contributed by atoms with E-state index in [0.717, 1.165) is 17.2 Å². The van der Waals surface area contributed by atoms with Crippen LogP contribution in [0.3, 0.4) is 0 Å². The lowest BCUT2D eigenvalue weighted by Crippen LogP contribution is -1.89. The molecule has 0 nitrogen and oxygen atoms in total. The molecule has 0 atom stereocenters. The number of thioether (sulfide) groups is 1. The predicted octanol–water partition coefficient (Wildman–Crippen LogP) is 3.42. The van der Waals surface area contributed by atoms with Crippen LogP contribution in [0.15, 0.2) is 29.2 Å². The molecule has 1 heteroatoms. The Hall–Kier alpha value is -0.870. The van der Waals surface area contributed by atoms with E-state index in [9.17, 15) is 0 Å². The molecule has 0 spiro atoms. The van der Waals surface area contributed by atoms with Gasteiger partial charge in [-0.2, -0.15) is 0 Å². The van der Waals surface area contributed by atoms with E-state index >= 15 is 0 Å². The van der Waals surface area contributed by atoms with Crippen molar-refractivity contribution < 1.29 is 0 Å². The molecule has 0 aliphatic heterocycles. The molecule has 0 N–H and O–H groups in total. The first-order chi connectivity index (χ1) is 6.22. The van der Waals surface area contributed by atoms with Crippen molar-refractivity contribution >= 4 is 11.8 Å². The standard InChI is InChI=1S/C12H14S/c1-4-11-5-7-12(8-6-11)13-9-10(2)3/h1,5-8,10H,9H2,2-3H3. The van der Waals surface area contributed by atoms with Gasteiger partial charge in [-0.05, 0) is 30.2 Å². The maximum Gasteiger partial charge on any atom is 0.0243 e. The Bertz CT molecular complexity index is 290. The average molecular weight is 190 g/mol. The van der Waals surface area contributed by atoms with Crippen molar-refractivity contribution in [3.8, 4) is 12.3 Å². The zero-order valence-electron chi connectivity index (χ0n) is 8.08. The summed E-state index contributed by atoms with van der Waals surface area (Å²) in [5.41, 5.74) is 0.953. The van der Waals surface area contributed by atoms with Gasteiger partial charge in [0.15, 0.2) is 0 Å². The van der Waals surface area contributed by atoms with Gasteiger partial charge in [-0.15, -0.1) is 18.2 Å². The normalized spacial score (nSPS) is 10.0. The molecular formula is C12H14S. The third-order valence-electron chi connectivity index (χ3n) is 1.60. The van der Waals surface area contributed by atoms with E-state index in [4.69, 9.17) is 6.42 Å². The lowest BCUT2D eigenvalue weighted by Gasteiger charge is -2.03. The summed E-state index contributed by atoms with van der Waals surface area (Å²) in [6, 6.07) is 8.15. The molecule has 0 fully saturated rings. The van der Waals surface area contributed by atoms with Gasteiger partial charge in [-0.3, -0.25) is 0 Å². The fourth-order valence-electron chi connectivity index (χ4n) is 0.910. The Morgan fingerprint density at radius 2 is 1.92 bits per heavy atom. The Labute approximate surface area is 84.7 Å². The molecular weight excluding hydrogens is 176 g/mol. The van der Waals surface area contributed by atoms with Gasteiger partial charge in [-0.25, -0.2) is 0 Å². The lowest BCUT2D eigenvalue weighted by atomic mass is 10.2. The predicted molar refractivity (Wildman–Crippen MR) is 59.9 cm³/mol. The summed E-state index contributed by atoms with van der Waals surface area (Å²) >= 11 is 1.88. The zero-order valence-corrected chi connectivity index (χ0v) is 8.90. The van der Waals surface area contributed by atoms with Crippen LogP contribution in [-0.4, -0.2) is 5.75 Å². The molecule has 0 amide bonds.